The first-order valence-corrected chi connectivity index (χ1v) is 6.14. The first kappa shape index (κ1) is 13.1. The number of hydrogen-bond acceptors (Lipinski definition) is 4. The maximum Gasteiger partial charge on any atom is 0.213 e. The van der Waals surface area contributed by atoms with Crippen LogP contribution in [0.5, 0.6) is 0 Å². The third-order valence-corrected chi connectivity index (χ3v) is 3.15. The van der Waals surface area contributed by atoms with E-state index < -0.39 is 0 Å². The molecule has 0 atom stereocenters. The van der Waals surface area contributed by atoms with E-state index in [1.807, 2.05) is 13.8 Å². The van der Waals surface area contributed by atoms with Crippen LogP contribution in [0.1, 0.15) is 17.3 Å². The molecular formula is C12H13Cl2N3O. The van der Waals surface area contributed by atoms with E-state index in [0.29, 0.717) is 33.9 Å². The highest BCUT2D eigenvalue weighted by atomic mass is 35.5. The molecule has 0 radical (unpaired) electrons. The number of halogens is 2. The van der Waals surface area contributed by atoms with Gasteiger partial charge in [0.15, 0.2) is 0 Å². The number of aromatic nitrogens is 1. The molecule has 2 aromatic rings. The van der Waals surface area contributed by atoms with Crippen molar-refractivity contribution in [2.45, 2.75) is 20.4 Å². The van der Waals surface area contributed by atoms with Gasteiger partial charge in [-0.25, -0.2) is 4.98 Å². The minimum absolute atomic E-state index is 0.415. The zero-order valence-corrected chi connectivity index (χ0v) is 11.6. The smallest absolute Gasteiger partial charge is 0.213 e. The summed E-state index contributed by atoms with van der Waals surface area (Å²) < 4.78 is 5.46. The largest absolute Gasteiger partial charge is 0.444 e. The van der Waals surface area contributed by atoms with Crippen LogP contribution in [0.4, 0.5) is 11.4 Å². The number of benzene rings is 1. The fourth-order valence-electron chi connectivity index (χ4n) is 1.54. The molecule has 3 N–H and O–H groups in total. The molecule has 0 spiro atoms. The molecule has 0 aliphatic rings. The van der Waals surface area contributed by atoms with Crippen LogP contribution in [0.2, 0.25) is 10.0 Å². The normalized spacial score (nSPS) is 10.7. The van der Waals surface area contributed by atoms with Crippen molar-refractivity contribution in [2.75, 3.05) is 11.1 Å². The van der Waals surface area contributed by atoms with Crippen LogP contribution >= 0.6 is 23.2 Å². The lowest BCUT2D eigenvalue weighted by Gasteiger charge is -2.09. The molecule has 4 nitrogen and oxygen atoms in total. The Balaban J connectivity index is 2.15. The summed E-state index contributed by atoms with van der Waals surface area (Å²) in [5.74, 6) is 1.40. The van der Waals surface area contributed by atoms with Crippen molar-refractivity contribution in [3.8, 4) is 0 Å². The van der Waals surface area contributed by atoms with Crippen molar-refractivity contribution in [3.05, 3.63) is 39.5 Å². The number of hydrogen-bond donors (Lipinski definition) is 2. The van der Waals surface area contributed by atoms with Crippen molar-refractivity contribution >= 4 is 34.6 Å². The summed E-state index contributed by atoms with van der Waals surface area (Å²) in [4.78, 5) is 4.26. The van der Waals surface area contributed by atoms with Crippen molar-refractivity contribution in [2.24, 2.45) is 0 Å². The van der Waals surface area contributed by atoms with Gasteiger partial charge in [0, 0.05) is 5.69 Å². The molecule has 2 rings (SSSR count). The Morgan fingerprint density at radius 1 is 1.28 bits per heavy atom. The zero-order chi connectivity index (χ0) is 13.3. The number of nitrogens with zero attached hydrogens (tertiary/aromatic N) is 1. The fraction of sp³-hybridized carbons (Fsp3) is 0.250. The van der Waals surface area contributed by atoms with Crippen LogP contribution in [0.15, 0.2) is 16.5 Å². The predicted molar refractivity (Wildman–Crippen MR) is 74.2 cm³/mol. The number of rotatable bonds is 3. The molecule has 0 unspecified atom stereocenters. The SMILES string of the molecule is Cc1nc(CNc2c(Cl)cc(N)cc2Cl)oc1C. The van der Waals surface area contributed by atoms with Crippen molar-refractivity contribution in [3.63, 3.8) is 0 Å². The summed E-state index contributed by atoms with van der Waals surface area (Å²) in [6.45, 7) is 4.18. The van der Waals surface area contributed by atoms with E-state index in [9.17, 15) is 0 Å². The number of aryl methyl sites for hydroxylation is 2. The fourth-order valence-corrected chi connectivity index (χ4v) is 2.18. The van der Waals surface area contributed by atoms with Gasteiger partial charge in [0.1, 0.15) is 5.76 Å². The maximum atomic E-state index is 6.06. The van der Waals surface area contributed by atoms with Crippen LogP contribution in [0, 0.1) is 13.8 Å². The molecular weight excluding hydrogens is 273 g/mol. The van der Waals surface area contributed by atoms with E-state index in [-0.39, 0.29) is 0 Å². The van der Waals surface area contributed by atoms with Crippen molar-refractivity contribution < 1.29 is 4.42 Å². The number of anilines is 2. The van der Waals surface area contributed by atoms with E-state index in [0.717, 1.165) is 11.5 Å². The number of nitrogens with two attached hydrogens (primary N) is 1. The summed E-state index contributed by atoms with van der Waals surface area (Å²) in [5.41, 5.74) is 7.66. The highest BCUT2D eigenvalue weighted by Gasteiger charge is 2.10. The molecule has 0 saturated carbocycles. The Morgan fingerprint density at radius 2 is 1.89 bits per heavy atom. The summed E-state index contributed by atoms with van der Waals surface area (Å²) in [6, 6.07) is 3.28. The van der Waals surface area contributed by atoms with E-state index in [2.05, 4.69) is 10.3 Å². The van der Waals surface area contributed by atoms with E-state index in [1.54, 1.807) is 12.1 Å². The van der Waals surface area contributed by atoms with Gasteiger partial charge in [-0.15, -0.1) is 0 Å². The predicted octanol–water partition coefficient (Wildman–Crippen LogP) is 3.79. The lowest BCUT2D eigenvalue weighted by Crippen LogP contribution is -2.01. The van der Waals surface area contributed by atoms with Crippen LogP contribution in [-0.4, -0.2) is 4.98 Å². The molecule has 6 heteroatoms. The molecule has 1 aromatic carbocycles. The molecule has 96 valence electrons. The summed E-state index contributed by atoms with van der Waals surface area (Å²) in [5, 5.41) is 4.03. The molecule has 0 saturated heterocycles. The average molecular weight is 286 g/mol. The standard InChI is InChI=1S/C12H13Cl2N3O/c1-6-7(2)18-11(17-6)5-16-12-9(13)3-8(15)4-10(12)14/h3-4,16H,5,15H2,1-2H3. The average Bonchev–Trinajstić information content (AvgIpc) is 2.56. The van der Waals surface area contributed by atoms with Crippen molar-refractivity contribution in [1.29, 1.82) is 0 Å². The van der Waals surface area contributed by atoms with Crippen LogP contribution in [-0.2, 0) is 6.54 Å². The lowest BCUT2D eigenvalue weighted by atomic mass is 10.3. The second-order valence-electron chi connectivity index (χ2n) is 3.96. The Labute approximate surface area is 115 Å². The second kappa shape index (κ2) is 5.08. The highest BCUT2D eigenvalue weighted by molar-refractivity contribution is 6.39. The van der Waals surface area contributed by atoms with Crippen LogP contribution in [0.25, 0.3) is 0 Å². The van der Waals surface area contributed by atoms with Gasteiger partial charge in [-0.1, -0.05) is 23.2 Å². The quantitative estimate of drug-likeness (QED) is 0.842. The summed E-state index contributed by atoms with van der Waals surface area (Å²) in [6.07, 6.45) is 0. The Kier molecular flexibility index (Phi) is 3.68. The molecule has 18 heavy (non-hydrogen) atoms. The van der Waals surface area contributed by atoms with Crippen molar-refractivity contribution in [1.82, 2.24) is 4.98 Å². The Hall–Kier alpha value is -1.39. The first-order chi connectivity index (χ1) is 8.47. The molecule has 0 amide bonds. The number of oxazole rings is 1. The molecule has 0 aliphatic heterocycles. The van der Waals surface area contributed by atoms with E-state index >= 15 is 0 Å². The van der Waals surface area contributed by atoms with E-state index in [1.165, 1.54) is 0 Å². The summed E-state index contributed by atoms with van der Waals surface area (Å²) in [7, 11) is 0. The minimum Gasteiger partial charge on any atom is -0.444 e. The second-order valence-corrected chi connectivity index (χ2v) is 4.78. The number of nitrogen functional groups attached to an aromatic ring is 1. The zero-order valence-electron chi connectivity index (χ0n) is 10.1. The molecule has 1 heterocycles. The first-order valence-electron chi connectivity index (χ1n) is 5.38. The number of nitrogens with one attached hydrogen (secondary N) is 1. The molecule has 0 aliphatic carbocycles. The van der Waals surface area contributed by atoms with Crippen LogP contribution < -0.4 is 11.1 Å². The van der Waals surface area contributed by atoms with Gasteiger partial charge in [-0.05, 0) is 26.0 Å². The van der Waals surface area contributed by atoms with Gasteiger partial charge in [-0.3, -0.25) is 0 Å². The van der Waals surface area contributed by atoms with Gasteiger partial charge >= 0.3 is 0 Å². The van der Waals surface area contributed by atoms with Gasteiger partial charge in [0.25, 0.3) is 0 Å². The van der Waals surface area contributed by atoms with E-state index in [4.69, 9.17) is 33.4 Å². The van der Waals surface area contributed by atoms with Crippen LogP contribution in [0.3, 0.4) is 0 Å². The summed E-state index contributed by atoms with van der Waals surface area (Å²) >= 11 is 12.1. The molecule has 0 bridgehead atoms. The maximum absolute atomic E-state index is 6.06. The Morgan fingerprint density at radius 3 is 2.39 bits per heavy atom. The molecule has 1 aromatic heterocycles. The Bertz CT molecular complexity index is 538. The van der Waals surface area contributed by atoms with Gasteiger partial charge in [-0.2, -0.15) is 0 Å². The third kappa shape index (κ3) is 2.71. The van der Waals surface area contributed by atoms with Gasteiger partial charge in [0.05, 0.1) is 28.0 Å². The van der Waals surface area contributed by atoms with Gasteiger partial charge < -0.3 is 15.5 Å². The topological polar surface area (TPSA) is 64.1 Å². The lowest BCUT2D eigenvalue weighted by molar-refractivity contribution is 0.478. The molecule has 0 fully saturated rings. The third-order valence-electron chi connectivity index (χ3n) is 2.55. The highest BCUT2D eigenvalue weighted by Crippen LogP contribution is 2.33. The monoisotopic (exact) mass is 285 g/mol. The van der Waals surface area contributed by atoms with Gasteiger partial charge in [0.2, 0.25) is 5.89 Å². The minimum atomic E-state index is 0.415.